The molecule has 2 rings (SSSR count). The molecule has 0 unspecified atom stereocenters. The van der Waals surface area contributed by atoms with Crippen molar-refractivity contribution in [3.05, 3.63) is 35.4 Å². The maximum absolute atomic E-state index is 12.5. The fourth-order valence-electron chi connectivity index (χ4n) is 2.31. The molecule has 4 nitrogen and oxygen atoms in total. The normalized spacial score (nSPS) is 14.0. The minimum Gasteiger partial charge on any atom is -0.379 e. The van der Waals surface area contributed by atoms with Crippen LogP contribution in [-0.4, -0.2) is 50.8 Å². The summed E-state index contributed by atoms with van der Waals surface area (Å²) in [6.45, 7) is 5.19. The molecular formula is C20H27F3IN3O. The molecule has 1 aromatic carbocycles. The van der Waals surface area contributed by atoms with Crippen molar-refractivity contribution in [2.75, 3.05) is 39.9 Å². The van der Waals surface area contributed by atoms with Crippen LogP contribution < -0.4 is 5.32 Å². The van der Waals surface area contributed by atoms with E-state index in [1.54, 1.807) is 0 Å². The lowest BCUT2D eigenvalue weighted by molar-refractivity contribution is -0.137. The Labute approximate surface area is 181 Å². The third-order valence-corrected chi connectivity index (χ3v) is 4.07. The van der Waals surface area contributed by atoms with Gasteiger partial charge in [0.15, 0.2) is 5.96 Å². The van der Waals surface area contributed by atoms with Crippen molar-refractivity contribution in [1.29, 1.82) is 0 Å². The molecule has 8 heteroatoms. The zero-order chi connectivity index (χ0) is 19.7. The molecule has 0 radical (unpaired) electrons. The van der Waals surface area contributed by atoms with Crippen molar-refractivity contribution in [1.82, 2.24) is 10.2 Å². The van der Waals surface area contributed by atoms with E-state index in [-0.39, 0.29) is 30.5 Å². The summed E-state index contributed by atoms with van der Waals surface area (Å²) in [5.41, 5.74) is -0.143. The van der Waals surface area contributed by atoms with Gasteiger partial charge in [0, 0.05) is 32.3 Å². The Morgan fingerprint density at radius 1 is 1.29 bits per heavy atom. The molecule has 1 aliphatic carbocycles. The van der Waals surface area contributed by atoms with Crippen LogP contribution in [0.1, 0.15) is 30.9 Å². The minimum absolute atomic E-state index is 0. The molecule has 0 spiro atoms. The molecule has 0 amide bonds. The highest BCUT2D eigenvalue weighted by Crippen LogP contribution is 2.29. The van der Waals surface area contributed by atoms with Crippen LogP contribution in [0.3, 0.4) is 0 Å². The number of nitrogens with zero attached hydrogens (tertiary/aromatic N) is 2. The molecule has 1 aromatic rings. The highest BCUT2D eigenvalue weighted by atomic mass is 127. The molecule has 156 valence electrons. The quantitative estimate of drug-likeness (QED) is 0.199. The highest BCUT2D eigenvalue weighted by Gasteiger charge is 2.29. The largest absolute Gasteiger partial charge is 0.416 e. The highest BCUT2D eigenvalue weighted by molar-refractivity contribution is 14.0. The van der Waals surface area contributed by atoms with E-state index >= 15 is 0 Å². The Hall–Kier alpha value is -1.47. The first-order chi connectivity index (χ1) is 12.9. The Balaban J connectivity index is 0.00000392. The first kappa shape index (κ1) is 24.6. The number of alkyl halides is 3. The molecular weight excluding hydrogens is 482 g/mol. The average molecular weight is 509 g/mol. The standard InChI is InChI=1S/C20H26F3N3O.HI/c1-3-24-19(26(2)13-14-27-15-17-6-7-17)25-12-4-5-16-8-10-18(11-9-16)20(21,22)23;/h8-11,17H,3,6-7,12-15H2,1-2H3,(H,24,25);1H. The van der Waals surface area contributed by atoms with E-state index in [9.17, 15) is 13.2 Å². The number of hydrogen-bond acceptors (Lipinski definition) is 2. The van der Waals surface area contributed by atoms with Gasteiger partial charge in [-0.25, -0.2) is 4.99 Å². The van der Waals surface area contributed by atoms with Gasteiger partial charge in [-0.05, 0) is 49.9 Å². The van der Waals surface area contributed by atoms with Crippen molar-refractivity contribution >= 4 is 29.9 Å². The molecule has 1 N–H and O–H groups in total. The molecule has 28 heavy (non-hydrogen) atoms. The molecule has 0 aromatic heterocycles. The second kappa shape index (κ2) is 12.2. The fraction of sp³-hybridized carbons (Fsp3) is 0.550. The van der Waals surface area contributed by atoms with E-state index in [4.69, 9.17) is 4.74 Å². The lowest BCUT2D eigenvalue weighted by atomic mass is 10.1. The second-order valence-electron chi connectivity index (χ2n) is 6.49. The summed E-state index contributed by atoms with van der Waals surface area (Å²) in [5.74, 6) is 7.19. The van der Waals surface area contributed by atoms with Gasteiger partial charge in [0.2, 0.25) is 0 Å². The van der Waals surface area contributed by atoms with Gasteiger partial charge >= 0.3 is 6.18 Å². The summed E-state index contributed by atoms with van der Waals surface area (Å²) in [5, 5.41) is 3.19. The van der Waals surface area contributed by atoms with Gasteiger partial charge < -0.3 is 15.0 Å². The molecule has 0 saturated heterocycles. The number of rotatable bonds is 7. The molecule has 1 fully saturated rings. The number of benzene rings is 1. The maximum atomic E-state index is 12.5. The first-order valence-corrected chi connectivity index (χ1v) is 9.13. The number of likely N-dealkylation sites (N-methyl/N-ethyl adjacent to an activating group) is 1. The average Bonchev–Trinajstić information content (AvgIpc) is 3.45. The van der Waals surface area contributed by atoms with Gasteiger partial charge in [0.25, 0.3) is 0 Å². The summed E-state index contributed by atoms with van der Waals surface area (Å²) in [7, 11) is 1.94. The van der Waals surface area contributed by atoms with E-state index < -0.39 is 11.7 Å². The van der Waals surface area contributed by atoms with Crippen molar-refractivity contribution in [2.24, 2.45) is 10.9 Å². The Bertz CT molecular complexity index is 677. The lowest BCUT2D eigenvalue weighted by Crippen LogP contribution is -2.40. The Kier molecular flexibility index (Phi) is 10.7. The van der Waals surface area contributed by atoms with Crippen molar-refractivity contribution in [3.63, 3.8) is 0 Å². The monoisotopic (exact) mass is 509 g/mol. The van der Waals surface area contributed by atoms with Gasteiger partial charge in [-0.1, -0.05) is 11.8 Å². The van der Waals surface area contributed by atoms with Gasteiger partial charge in [0.1, 0.15) is 6.54 Å². The van der Waals surface area contributed by atoms with E-state index in [1.807, 2.05) is 18.9 Å². The number of halogens is 4. The summed E-state index contributed by atoms with van der Waals surface area (Å²) in [4.78, 5) is 6.42. The number of guanidine groups is 1. The predicted octanol–water partition coefficient (Wildman–Crippen LogP) is 4.00. The van der Waals surface area contributed by atoms with Gasteiger partial charge in [-0.2, -0.15) is 13.2 Å². The summed E-state index contributed by atoms with van der Waals surface area (Å²) in [6.07, 6.45) is -1.78. The maximum Gasteiger partial charge on any atom is 0.416 e. The smallest absolute Gasteiger partial charge is 0.379 e. The van der Waals surface area contributed by atoms with E-state index in [1.165, 1.54) is 25.0 Å². The zero-order valence-electron chi connectivity index (χ0n) is 16.2. The zero-order valence-corrected chi connectivity index (χ0v) is 18.5. The second-order valence-corrected chi connectivity index (χ2v) is 6.49. The van der Waals surface area contributed by atoms with Crippen LogP contribution in [0.4, 0.5) is 13.2 Å². The number of hydrogen-bond donors (Lipinski definition) is 1. The number of aliphatic imine (C=N–C) groups is 1. The van der Waals surface area contributed by atoms with Gasteiger partial charge in [-0.15, -0.1) is 24.0 Å². The SMILES string of the molecule is CCNC(=NCC#Cc1ccc(C(F)(F)F)cc1)N(C)CCOCC1CC1.I. The predicted molar refractivity (Wildman–Crippen MR) is 116 cm³/mol. The summed E-state index contributed by atoms with van der Waals surface area (Å²) >= 11 is 0. The van der Waals surface area contributed by atoms with E-state index in [0.29, 0.717) is 12.2 Å². The molecule has 0 bridgehead atoms. The van der Waals surface area contributed by atoms with Crippen LogP contribution in [0, 0.1) is 17.8 Å². The third kappa shape index (κ3) is 9.15. The fourth-order valence-corrected chi connectivity index (χ4v) is 2.31. The summed E-state index contributed by atoms with van der Waals surface area (Å²) in [6, 6.07) is 4.81. The van der Waals surface area contributed by atoms with Crippen molar-refractivity contribution in [2.45, 2.75) is 25.9 Å². The molecule has 0 atom stereocenters. The van der Waals surface area contributed by atoms with Gasteiger partial charge in [0.05, 0.1) is 12.2 Å². The number of nitrogens with one attached hydrogen (secondary N) is 1. The first-order valence-electron chi connectivity index (χ1n) is 9.13. The van der Waals surface area contributed by atoms with Crippen LogP contribution in [0.25, 0.3) is 0 Å². The lowest BCUT2D eigenvalue weighted by Gasteiger charge is -2.21. The van der Waals surface area contributed by atoms with E-state index in [2.05, 4.69) is 22.2 Å². The van der Waals surface area contributed by atoms with Crippen LogP contribution in [0.2, 0.25) is 0 Å². The van der Waals surface area contributed by atoms with Crippen LogP contribution in [0.5, 0.6) is 0 Å². The summed E-state index contributed by atoms with van der Waals surface area (Å²) < 4.78 is 43.3. The van der Waals surface area contributed by atoms with Crippen molar-refractivity contribution in [3.8, 4) is 11.8 Å². The number of ether oxygens (including phenoxy) is 1. The van der Waals surface area contributed by atoms with E-state index in [0.717, 1.165) is 43.7 Å². The topological polar surface area (TPSA) is 36.9 Å². The van der Waals surface area contributed by atoms with Crippen LogP contribution >= 0.6 is 24.0 Å². The Morgan fingerprint density at radius 3 is 2.54 bits per heavy atom. The van der Waals surface area contributed by atoms with Crippen molar-refractivity contribution < 1.29 is 17.9 Å². The van der Waals surface area contributed by atoms with Crippen LogP contribution in [-0.2, 0) is 10.9 Å². The molecule has 0 heterocycles. The minimum atomic E-state index is -4.33. The third-order valence-electron chi connectivity index (χ3n) is 4.07. The van der Waals surface area contributed by atoms with Gasteiger partial charge in [-0.3, -0.25) is 0 Å². The molecule has 1 saturated carbocycles. The molecule has 0 aliphatic heterocycles. The van der Waals surface area contributed by atoms with Crippen LogP contribution in [0.15, 0.2) is 29.3 Å². The Morgan fingerprint density at radius 2 is 1.96 bits per heavy atom. The molecule has 1 aliphatic rings.